The van der Waals surface area contributed by atoms with Crippen LogP contribution in [-0.4, -0.2) is 26.0 Å². The van der Waals surface area contributed by atoms with Crippen molar-refractivity contribution in [2.75, 3.05) is 25.0 Å². The first kappa shape index (κ1) is 13.6. The third-order valence-corrected chi connectivity index (χ3v) is 3.49. The van der Waals surface area contributed by atoms with Gasteiger partial charge in [0.15, 0.2) is 0 Å². The average Bonchev–Trinajstić information content (AvgIpc) is 2.43. The molecule has 0 radical (unpaired) electrons. The van der Waals surface area contributed by atoms with Gasteiger partial charge in [0.05, 0.1) is 6.07 Å². The molecule has 0 spiro atoms. The van der Waals surface area contributed by atoms with Crippen molar-refractivity contribution < 1.29 is 4.79 Å². The highest BCUT2D eigenvalue weighted by Gasteiger charge is 2.20. The summed E-state index contributed by atoms with van der Waals surface area (Å²) >= 11 is 0. The maximum absolute atomic E-state index is 11.6. The van der Waals surface area contributed by atoms with Crippen LogP contribution in [0.5, 0.6) is 0 Å². The summed E-state index contributed by atoms with van der Waals surface area (Å²) in [5.41, 5.74) is 3.58. The molecule has 2 rings (SSSR count). The Morgan fingerprint density at radius 2 is 2.21 bits per heavy atom. The first-order chi connectivity index (χ1) is 9.22. The molecule has 0 saturated heterocycles. The highest BCUT2D eigenvalue weighted by molar-refractivity contribution is 5.95. The first-order valence-electron chi connectivity index (χ1n) is 6.68. The van der Waals surface area contributed by atoms with Gasteiger partial charge in [-0.15, -0.1) is 0 Å². The van der Waals surface area contributed by atoms with Gasteiger partial charge in [0.1, 0.15) is 0 Å². The number of nitriles is 1. The van der Waals surface area contributed by atoms with Crippen LogP contribution in [0.25, 0.3) is 0 Å². The molecule has 4 heteroatoms. The number of hydrogen-bond donors (Lipinski definition) is 1. The van der Waals surface area contributed by atoms with Gasteiger partial charge in [-0.2, -0.15) is 5.26 Å². The van der Waals surface area contributed by atoms with E-state index in [0.717, 1.165) is 31.6 Å². The van der Waals surface area contributed by atoms with Gasteiger partial charge in [0.2, 0.25) is 5.91 Å². The largest absolute Gasteiger partial charge is 0.315 e. The third kappa shape index (κ3) is 3.33. The van der Waals surface area contributed by atoms with Crippen LogP contribution < -0.4 is 10.2 Å². The van der Waals surface area contributed by atoms with Crippen LogP contribution in [0.1, 0.15) is 24.0 Å². The highest BCUT2D eigenvalue weighted by atomic mass is 16.2. The van der Waals surface area contributed by atoms with E-state index < -0.39 is 0 Å². The topological polar surface area (TPSA) is 56.1 Å². The summed E-state index contributed by atoms with van der Waals surface area (Å²) in [6.45, 7) is 1.63. The van der Waals surface area contributed by atoms with E-state index in [4.69, 9.17) is 5.26 Å². The molecule has 0 atom stereocenters. The van der Waals surface area contributed by atoms with Crippen molar-refractivity contribution in [3.05, 3.63) is 29.3 Å². The van der Waals surface area contributed by atoms with E-state index in [1.165, 1.54) is 11.1 Å². The van der Waals surface area contributed by atoms with Gasteiger partial charge >= 0.3 is 0 Å². The fraction of sp³-hybridized carbons (Fsp3) is 0.467. The summed E-state index contributed by atoms with van der Waals surface area (Å²) in [4.78, 5) is 13.3. The van der Waals surface area contributed by atoms with Gasteiger partial charge < -0.3 is 10.2 Å². The quantitative estimate of drug-likeness (QED) is 0.816. The van der Waals surface area contributed by atoms with Gasteiger partial charge in [-0.1, -0.05) is 12.1 Å². The molecule has 1 aromatic carbocycles. The smallest absolute Gasteiger partial charge is 0.227 e. The third-order valence-electron chi connectivity index (χ3n) is 3.49. The molecule has 1 aliphatic rings. The van der Waals surface area contributed by atoms with Crippen LogP contribution >= 0.6 is 0 Å². The monoisotopic (exact) mass is 257 g/mol. The maximum atomic E-state index is 11.6. The molecule has 0 unspecified atom stereocenters. The second kappa shape index (κ2) is 6.35. The number of rotatable bonds is 5. The number of nitrogens with one attached hydrogen (secondary N) is 1. The van der Waals surface area contributed by atoms with E-state index in [-0.39, 0.29) is 5.91 Å². The zero-order valence-corrected chi connectivity index (χ0v) is 11.3. The van der Waals surface area contributed by atoms with Crippen LogP contribution in [0.2, 0.25) is 0 Å². The van der Waals surface area contributed by atoms with Crippen molar-refractivity contribution in [3.8, 4) is 6.07 Å². The Balaban J connectivity index is 1.94. The normalized spacial score (nSPS) is 14.1. The Hall–Kier alpha value is -1.86. The summed E-state index contributed by atoms with van der Waals surface area (Å²) in [7, 11) is 1.84. The first-order valence-corrected chi connectivity index (χ1v) is 6.68. The summed E-state index contributed by atoms with van der Waals surface area (Å²) in [5.74, 6) is 0.193. The number of benzene rings is 1. The fourth-order valence-electron chi connectivity index (χ4n) is 2.37. The van der Waals surface area contributed by atoms with Crippen molar-refractivity contribution >= 4 is 11.6 Å². The minimum Gasteiger partial charge on any atom is -0.315 e. The summed E-state index contributed by atoms with van der Waals surface area (Å²) in [5, 5.41) is 11.7. The number of carbonyl (C=O) groups is 1. The van der Waals surface area contributed by atoms with Crippen molar-refractivity contribution in [3.63, 3.8) is 0 Å². The minimum atomic E-state index is 0.193. The number of aryl methyl sites for hydroxylation is 1. The number of nitrogens with zero attached hydrogens (tertiary/aromatic N) is 2. The molecular weight excluding hydrogens is 238 g/mol. The minimum absolute atomic E-state index is 0.193. The number of anilines is 1. The zero-order valence-electron chi connectivity index (χ0n) is 11.3. The average molecular weight is 257 g/mol. The van der Waals surface area contributed by atoms with Crippen LogP contribution in [0.3, 0.4) is 0 Å². The molecule has 19 heavy (non-hydrogen) atoms. The maximum Gasteiger partial charge on any atom is 0.227 e. The molecule has 1 aromatic rings. The molecule has 1 heterocycles. The van der Waals surface area contributed by atoms with Gasteiger partial charge in [-0.05, 0) is 36.6 Å². The van der Waals surface area contributed by atoms with Gasteiger partial charge in [0.25, 0.3) is 0 Å². The Bertz CT molecular complexity index is 505. The fourth-order valence-corrected chi connectivity index (χ4v) is 2.37. The molecular formula is C15H19N3O. The van der Waals surface area contributed by atoms with E-state index >= 15 is 0 Å². The van der Waals surface area contributed by atoms with Gasteiger partial charge in [0, 0.05) is 32.1 Å². The van der Waals surface area contributed by atoms with Crippen LogP contribution in [0.4, 0.5) is 5.69 Å². The zero-order chi connectivity index (χ0) is 13.7. The van der Waals surface area contributed by atoms with E-state index in [1.807, 2.05) is 13.1 Å². The van der Waals surface area contributed by atoms with Crippen molar-refractivity contribution in [2.24, 2.45) is 0 Å². The van der Waals surface area contributed by atoms with Crippen molar-refractivity contribution in [1.29, 1.82) is 5.26 Å². The van der Waals surface area contributed by atoms with Crippen LogP contribution in [0, 0.1) is 11.3 Å². The van der Waals surface area contributed by atoms with E-state index in [0.29, 0.717) is 12.8 Å². The summed E-state index contributed by atoms with van der Waals surface area (Å²) in [6.07, 6.45) is 2.95. The molecule has 4 nitrogen and oxygen atoms in total. The Morgan fingerprint density at radius 3 is 3.00 bits per heavy atom. The number of hydrogen-bond acceptors (Lipinski definition) is 3. The molecule has 0 aliphatic carbocycles. The molecule has 0 aromatic heterocycles. The van der Waals surface area contributed by atoms with Crippen molar-refractivity contribution in [1.82, 2.24) is 5.32 Å². The Morgan fingerprint density at radius 1 is 1.37 bits per heavy atom. The molecule has 1 aliphatic heterocycles. The van der Waals surface area contributed by atoms with Crippen LogP contribution in [-0.2, 0) is 17.6 Å². The molecule has 1 N–H and O–H groups in total. The lowest BCUT2D eigenvalue weighted by atomic mass is 9.98. The predicted molar refractivity (Wildman–Crippen MR) is 75.0 cm³/mol. The lowest BCUT2D eigenvalue weighted by Gasteiger charge is -2.26. The number of fused-ring (bicyclic) bond motifs is 1. The van der Waals surface area contributed by atoms with Gasteiger partial charge in [-0.25, -0.2) is 0 Å². The summed E-state index contributed by atoms with van der Waals surface area (Å²) < 4.78 is 0. The van der Waals surface area contributed by atoms with E-state index in [2.05, 4.69) is 23.5 Å². The van der Waals surface area contributed by atoms with Crippen molar-refractivity contribution in [2.45, 2.75) is 25.7 Å². The molecule has 0 saturated carbocycles. The molecule has 100 valence electrons. The predicted octanol–water partition coefficient (Wildman–Crippen LogP) is 1.64. The standard InChI is InChI=1S/C15H19N3O/c1-18-14-5-3-12(7-10-17-9-2-8-16)11-13(14)4-6-15(18)19/h3,5,11,17H,2,4,6-7,9-10H2,1H3. The van der Waals surface area contributed by atoms with E-state index in [9.17, 15) is 4.79 Å². The molecule has 0 fully saturated rings. The molecule has 0 bridgehead atoms. The summed E-state index contributed by atoms with van der Waals surface area (Å²) in [6, 6.07) is 8.44. The number of amides is 1. The van der Waals surface area contributed by atoms with E-state index in [1.54, 1.807) is 4.90 Å². The number of carbonyl (C=O) groups excluding carboxylic acids is 1. The van der Waals surface area contributed by atoms with Gasteiger partial charge in [-0.3, -0.25) is 4.79 Å². The lowest BCUT2D eigenvalue weighted by Crippen LogP contribution is -2.31. The second-order valence-corrected chi connectivity index (χ2v) is 4.82. The SMILES string of the molecule is CN1C(=O)CCc2cc(CCNCCC#N)ccc21. The molecule has 1 amide bonds. The Kier molecular flexibility index (Phi) is 4.53. The highest BCUT2D eigenvalue weighted by Crippen LogP contribution is 2.27. The second-order valence-electron chi connectivity index (χ2n) is 4.82. The Labute approximate surface area is 114 Å². The van der Waals surface area contributed by atoms with Crippen LogP contribution in [0.15, 0.2) is 18.2 Å². The lowest BCUT2D eigenvalue weighted by molar-refractivity contribution is -0.118.